The van der Waals surface area contributed by atoms with Gasteiger partial charge in [0.2, 0.25) is 0 Å². The fraction of sp³-hybridized carbons (Fsp3) is 0.500. The van der Waals surface area contributed by atoms with E-state index in [9.17, 15) is 0 Å². The Balaban J connectivity index is 1.94. The molecule has 1 aliphatic heterocycles. The first-order valence-corrected chi connectivity index (χ1v) is 5.29. The lowest BCUT2D eigenvalue weighted by atomic mass is 10.0. The van der Waals surface area contributed by atoms with E-state index >= 15 is 0 Å². The maximum Gasteiger partial charge on any atom is 0.0237 e. The Hall–Kier alpha value is -0.860. The number of nitrogens with two attached hydrogens (primary N) is 1. The summed E-state index contributed by atoms with van der Waals surface area (Å²) in [5.74, 6) is 0. The molecule has 2 nitrogen and oxygen atoms in total. The summed E-state index contributed by atoms with van der Waals surface area (Å²) >= 11 is 0. The molecular formula is C12H18N2. The monoisotopic (exact) mass is 190 g/mol. The quantitative estimate of drug-likeness (QED) is 0.783. The normalized spacial score (nSPS) is 22.0. The summed E-state index contributed by atoms with van der Waals surface area (Å²) in [5, 5.41) is 0. The zero-order valence-corrected chi connectivity index (χ0v) is 8.74. The average molecular weight is 190 g/mol. The van der Waals surface area contributed by atoms with Gasteiger partial charge < -0.3 is 5.73 Å². The van der Waals surface area contributed by atoms with Crippen molar-refractivity contribution in [1.82, 2.24) is 4.90 Å². The average Bonchev–Trinajstić information content (AvgIpc) is 2.16. The molecule has 1 fully saturated rings. The summed E-state index contributed by atoms with van der Waals surface area (Å²) in [7, 11) is 0. The first kappa shape index (κ1) is 9.69. The summed E-state index contributed by atoms with van der Waals surface area (Å²) in [6, 6.07) is 9.39. The summed E-state index contributed by atoms with van der Waals surface area (Å²) < 4.78 is 0. The molecule has 0 bridgehead atoms. The van der Waals surface area contributed by atoms with Gasteiger partial charge in [-0.1, -0.05) is 29.8 Å². The minimum Gasteiger partial charge on any atom is -0.329 e. The lowest BCUT2D eigenvalue weighted by molar-refractivity contribution is 0.0882. The number of likely N-dealkylation sites (tertiary alicyclic amines) is 1. The predicted molar refractivity (Wildman–Crippen MR) is 59.0 cm³/mol. The van der Waals surface area contributed by atoms with E-state index in [-0.39, 0.29) is 0 Å². The molecule has 1 aromatic rings. The van der Waals surface area contributed by atoms with Crippen molar-refractivity contribution in [3.8, 4) is 0 Å². The molecule has 2 rings (SSSR count). The van der Waals surface area contributed by atoms with Gasteiger partial charge in [0.1, 0.15) is 0 Å². The van der Waals surface area contributed by atoms with E-state index in [0.29, 0.717) is 6.04 Å². The molecule has 1 aromatic carbocycles. The van der Waals surface area contributed by atoms with E-state index in [1.165, 1.54) is 24.1 Å². The lowest BCUT2D eigenvalue weighted by Gasteiger charge is -2.40. The molecular weight excluding hydrogens is 172 g/mol. The van der Waals surface area contributed by atoms with Gasteiger partial charge >= 0.3 is 0 Å². The zero-order chi connectivity index (χ0) is 9.97. The highest BCUT2D eigenvalue weighted by atomic mass is 15.2. The van der Waals surface area contributed by atoms with Gasteiger partial charge in [0.15, 0.2) is 0 Å². The highest BCUT2D eigenvalue weighted by molar-refractivity contribution is 5.21. The van der Waals surface area contributed by atoms with Gasteiger partial charge in [-0.05, 0) is 18.9 Å². The summed E-state index contributed by atoms with van der Waals surface area (Å²) in [4.78, 5) is 2.45. The Kier molecular flexibility index (Phi) is 2.85. The van der Waals surface area contributed by atoms with Gasteiger partial charge in [0, 0.05) is 25.7 Å². The van der Waals surface area contributed by atoms with Gasteiger partial charge in [-0.2, -0.15) is 0 Å². The first-order chi connectivity index (χ1) is 6.79. The standard InChI is InChI=1S/C12H18N2/c1-10-2-4-11(5-3-10)9-14-7-6-12(14)8-13/h2-5,12H,6-9,13H2,1H3. The third-order valence-corrected chi connectivity index (χ3v) is 3.04. The van der Waals surface area contributed by atoms with Crippen LogP contribution in [0.1, 0.15) is 17.5 Å². The largest absolute Gasteiger partial charge is 0.329 e. The van der Waals surface area contributed by atoms with Crippen molar-refractivity contribution in [3.63, 3.8) is 0 Å². The van der Waals surface area contributed by atoms with Crippen LogP contribution < -0.4 is 5.73 Å². The second-order valence-electron chi connectivity index (χ2n) is 4.13. The molecule has 2 N–H and O–H groups in total. The van der Waals surface area contributed by atoms with E-state index in [4.69, 9.17) is 5.73 Å². The highest BCUT2D eigenvalue weighted by Gasteiger charge is 2.25. The minimum absolute atomic E-state index is 0.622. The van der Waals surface area contributed by atoms with Crippen molar-refractivity contribution in [2.24, 2.45) is 5.73 Å². The maximum absolute atomic E-state index is 5.66. The zero-order valence-electron chi connectivity index (χ0n) is 8.74. The summed E-state index contributed by atoms with van der Waals surface area (Å²) in [6.07, 6.45) is 1.27. The van der Waals surface area contributed by atoms with E-state index in [2.05, 4.69) is 36.1 Å². The van der Waals surface area contributed by atoms with Crippen molar-refractivity contribution in [2.45, 2.75) is 25.9 Å². The molecule has 14 heavy (non-hydrogen) atoms. The van der Waals surface area contributed by atoms with Crippen LogP contribution >= 0.6 is 0 Å². The summed E-state index contributed by atoms with van der Waals surface area (Å²) in [6.45, 7) is 5.18. The lowest BCUT2D eigenvalue weighted by Crippen LogP contribution is -2.50. The molecule has 1 atom stereocenters. The number of nitrogens with zero attached hydrogens (tertiary/aromatic N) is 1. The molecule has 1 heterocycles. The molecule has 2 heteroatoms. The second kappa shape index (κ2) is 4.11. The number of rotatable bonds is 3. The van der Waals surface area contributed by atoms with Gasteiger partial charge in [0.25, 0.3) is 0 Å². The van der Waals surface area contributed by atoms with Crippen LogP contribution in [0, 0.1) is 6.92 Å². The van der Waals surface area contributed by atoms with Crippen molar-refractivity contribution in [1.29, 1.82) is 0 Å². The molecule has 0 amide bonds. The van der Waals surface area contributed by atoms with Crippen LogP contribution in [0.4, 0.5) is 0 Å². The molecule has 1 aliphatic rings. The molecule has 76 valence electrons. The van der Waals surface area contributed by atoms with Gasteiger partial charge in [-0.25, -0.2) is 0 Å². The Labute approximate surface area is 85.7 Å². The Morgan fingerprint density at radius 3 is 2.57 bits per heavy atom. The fourth-order valence-electron chi connectivity index (χ4n) is 1.90. The third-order valence-electron chi connectivity index (χ3n) is 3.04. The molecule has 0 radical (unpaired) electrons. The highest BCUT2D eigenvalue weighted by Crippen LogP contribution is 2.19. The predicted octanol–water partition coefficient (Wildman–Crippen LogP) is 1.53. The molecule has 1 saturated heterocycles. The van der Waals surface area contributed by atoms with Crippen LogP contribution in [-0.2, 0) is 6.54 Å². The maximum atomic E-state index is 5.66. The Bertz CT molecular complexity index is 290. The van der Waals surface area contributed by atoms with Crippen LogP contribution in [0.5, 0.6) is 0 Å². The van der Waals surface area contributed by atoms with Crippen LogP contribution in [-0.4, -0.2) is 24.0 Å². The van der Waals surface area contributed by atoms with Crippen molar-refractivity contribution in [3.05, 3.63) is 35.4 Å². The van der Waals surface area contributed by atoms with Crippen LogP contribution in [0.3, 0.4) is 0 Å². The van der Waals surface area contributed by atoms with Gasteiger partial charge in [-0.15, -0.1) is 0 Å². The van der Waals surface area contributed by atoms with Crippen LogP contribution in [0.15, 0.2) is 24.3 Å². The topological polar surface area (TPSA) is 29.3 Å². The second-order valence-corrected chi connectivity index (χ2v) is 4.13. The number of aryl methyl sites for hydroxylation is 1. The number of hydrogen-bond acceptors (Lipinski definition) is 2. The first-order valence-electron chi connectivity index (χ1n) is 5.29. The molecule has 0 saturated carbocycles. The smallest absolute Gasteiger partial charge is 0.0237 e. The molecule has 1 unspecified atom stereocenters. The Morgan fingerprint density at radius 2 is 2.07 bits per heavy atom. The van der Waals surface area contributed by atoms with Crippen LogP contribution in [0.2, 0.25) is 0 Å². The van der Waals surface area contributed by atoms with E-state index in [1.54, 1.807) is 0 Å². The Morgan fingerprint density at radius 1 is 1.36 bits per heavy atom. The van der Waals surface area contributed by atoms with Gasteiger partial charge in [0.05, 0.1) is 0 Å². The van der Waals surface area contributed by atoms with E-state index in [1.807, 2.05) is 0 Å². The molecule has 0 aromatic heterocycles. The van der Waals surface area contributed by atoms with E-state index in [0.717, 1.165) is 13.1 Å². The molecule has 0 spiro atoms. The summed E-state index contributed by atoms with van der Waals surface area (Å²) in [5.41, 5.74) is 8.38. The van der Waals surface area contributed by atoms with Gasteiger partial charge in [-0.3, -0.25) is 4.90 Å². The molecule has 0 aliphatic carbocycles. The SMILES string of the molecule is Cc1ccc(CN2CCC2CN)cc1. The third kappa shape index (κ3) is 1.97. The minimum atomic E-state index is 0.622. The van der Waals surface area contributed by atoms with Crippen molar-refractivity contribution >= 4 is 0 Å². The van der Waals surface area contributed by atoms with Crippen molar-refractivity contribution < 1.29 is 0 Å². The van der Waals surface area contributed by atoms with E-state index < -0.39 is 0 Å². The number of benzene rings is 1. The van der Waals surface area contributed by atoms with Crippen LogP contribution in [0.25, 0.3) is 0 Å². The fourth-order valence-corrected chi connectivity index (χ4v) is 1.90. The number of hydrogen-bond donors (Lipinski definition) is 1. The van der Waals surface area contributed by atoms with Crippen molar-refractivity contribution in [2.75, 3.05) is 13.1 Å².